The summed E-state index contributed by atoms with van der Waals surface area (Å²) in [7, 11) is 0. The molecule has 4 aliphatic rings. The summed E-state index contributed by atoms with van der Waals surface area (Å²) in [6.45, 7) is 50.4. The predicted octanol–water partition coefficient (Wildman–Crippen LogP) is 18.7. The zero-order valence-electron chi connectivity index (χ0n) is 49.8. The molecule has 2 aliphatic carbocycles. The summed E-state index contributed by atoms with van der Waals surface area (Å²) < 4.78 is 5.77. The molecule has 0 fully saturated rings. The van der Waals surface area contributed by atoms with E-state index >= 15 is 0 Å². The van der Waals surface area contributed by atoms with Crippen molar-refractivity contribution < 1.29 is 0 Å². The molecule has 76 heavy (non-hydrogen) atoms. The van der Waals surface area contributed by atoms with E-state index in [1.54, 1.807) is 16.7 Å². The molecule has 0 radical (unpaired) electrons. The van der Waals surface area contributed by atoms with E-state index in [9.17, 15) is 0 Å². The van der Waals surface area contributed by atoms with Gasteiger partial charge in [0.1, 0.15) is 5.82 Å². The summed E-state index contributed by atoms with van der Waals surface area (Å²) in [5, 5.41) is 2.73. The summed E-state index contributed by atoms with van der Waals surface area (Å²) >= 11 is 4.18. The maximum Gasteiger partial charge on any atom is 0.279 e. The highest BCUT2D eigenvalue weighted by atomic mass is 32.1. The quantitative estimate of drug-likeness (QED) is 0.164. The van der Waals surface area contributed by atoms with Crippen LogP contribution < -0.4 is 24.8 Å². The summed E-state index contributed by atoms with van der Waals surface area (Å²) in [4.78, 5) is 11.5. The van der Waals surface area contributed by atoms with Gasteiger partial charge in [-0.3, -0.25) is 4.90 Å². The molecule has 0 unspecified atom stereocenters. The van der Waals surface area contributed by atoms with Crippen molar-refractivity contribution in [2.24, 2.45) is 0 Å². The molecule has 5 heterocycles. The van der Waals surface area contributed by atoms with Crippen LogP contribution in [0.5, 0.6) is 0 Å². The number of hydrogen-bond acceptors (Lipinski definition) is 5. The maximum atomic E-state index is 6.13. The maximum absolute atomic E-state index is 6.13. The molecule has 0 bridgehead atoms. The van der Waals surface area contributed by atoms with Crippen LogP contribution in [0.15, 0.2) is 91.0 Å². The van der Waals surface area contributed by atoms with Gasteiger partial charge in [0.25, 0.3) is 6.71 Å². The molecule has 2 aliphatic heterocycles. The average molecular weight is 1040 g/mol. The van der Waals surface area contributed by atoms with Gasteiger partial charge >= 0.3 is 0 Å². The van der Waals surface area contributed by atoms with Crippen molar-refractivity contribution in [3.8, 4) is 11.1 Å². The number of nitrogens with zero attached hydrogens (tertiary/aromatic N) is 3. The molecule has 0 spiro atoms. The lowest BCUT2D eigenvalue weighted by molar-refractivity contribution is 0.403. The van der Waals surface area contributed by atoms with Crippen molar-refractivity contribution in [3.63, 3.8) is 0 Å². The van der Waals surface area contributed by atoms with Gasteiger partial charge in [-0.25, -0.2) is 4.98 Å². The van der Waals surface area contributed by atoms with Crippen LogP contribution >= 0.6 is 22.7 Å². The topological polar surface area (TPSA) is 19.4 Å². The second kappa shape index (κ2) is 16.0. The Labute approximate surface area is 464 Å². The Kier molecular flexibility index (Phi) is 10.9. The number of benzene rings is 5. The lowest BCUT2D eigenvalue weighted by Gasteiger charge is -2.43. The molecule has 12 rings (SSSR count). The molecule has 3 aromatic heterocycles. The fourth-order valence-electron chi connectivity index (χ4n) is 15.1. The van der Waals surface area contributed by atoms with Crippen LogP contribution in [0.25, 0.3) is 31.3 Å². The molecule has 0 saturated heterocycles. The first-order chi connectivity index (χ1) is 35.1. The van der Waals surface area contributed by atoms with Gasteiger partial charge in [-0.2, -0.15) is 0 Å². The van der Waals surface area contributed by atoms with E-state index in [1.165, 1.54) is 103 Å². The minimum Gasteiger partial charge on any atom is -0.310 e. The van der Waals surface area contributed by atoms with Gasteiger partial charge in [-0.1, -0.05) is 193 Å². The normalized spacial score (nSPS) is 18.0. The Morgan fingerprint density at radius 1 is 0.487 bits per heavy atom. The van der Waals surface area contributed by atoms with Crippen LogP contribution in [0, 0.1) is 6.92 Å². The molecular formula is C70H82BN3S2. The van der Waals surface area contributed by atoms with Crippen molar-refractivity contribution in [1.29, 1.82) is 0 Å². The number of rotatable bonds is 3. The van der Waals surface area contributed by atoms with E-state index in [0.717, 1.165) is 24.4 Å². The van der Waals surface area contributed by atoms with E-state index in [1.807, 2.05) is 0 Å². The smallest absolute Gasteiger partial charge is 0.279 e. The van der Waals surface area contributed by atoms with Crippen LogP contribution in [0.2, 0.25) is 0 Å². The third-order valence-electron chi connectivity index (χ3n) is 18.2. The van der Waals surface area contributed by atoms with Crippen LogP contribution in [0.1, 0.15) is 202 Å². The largest absolute Gasteiger partial charge is 0.310 e. The van der Waals surface area contributed by atoms with Crippen LogP contribution in [-0.2, 0) is 43.3 Å². The summed E-state index contributed by atoms with van der Waals surface area (Å²) in [5.41, 5.74) is 22.6. The lowest BCUT2D eigenvalue weighted by Crippen LogP contribution is -2.60. The first-order valence-electron chi connectivity index (χ1n) is 28.3. The fraction of sp³-hybridized carbons (Fsp3) is 0.443. The van der Waals surface area contributed by atoms with Gasteiger partial charge in [0.2, 0.25) is 0 Å². The first-order valence-corrected chi connectivity index (χ1v) is 30.0. The first kappa shape index (κ1) is 51.6. The molecule has 6 heteroatoms. The number of pyridine rings is 1. The highest BCUT2D eigenvalue weighted by Gasteiger charge is 2.52. The Balaban J connectivity index is 1.27. The second-order valence-electron chi connectivity index (χ2n) is 30.4. The monoisotopic (exact) mass is 1040 g/mol. The highest BCUT2D eigenvalue weighted by molar-refractivity contribution is 7.41. The fourth-order valence-corrected chi connectivity index (χ4v) is 18.4. The Hall–Kier alpha value is -5.17. The third-order valence-corrected chi connectivity index (χ3v) is 20.8. The van der Waals surface area contributed by atoms with Crippen molar-refractivity contribution in [2.75, 3.05) is 9.80 Å². The number of hydrogen-bond donors (Lipinski definition) is 0. The van der Waals surface area contributed by atoms with E-state index in [0.29, 0.717) is 0 Å². The molecule has 0 saturated carbocycles. The van der Waals surface area contributed by atoms with E-state index < -0.39 is 0 Å². The van der Waals surface area contributed by atoms with Crippen molar-refractivity contribution >= 4 is 98.8 Å². The minimum atomic E-state index is -0.256. The van der Waals surface area contributed by atoms with Crippen LogP contribution in [0.4, 0.5) is 34.3 Å². The number of fused-ring (bicyclic) bond motifs is 12. The van der Waals surface area contributed by atoms with Crippen LogP contribution in [0.3, 0.4) is 0 Å². The zero-order valence-corrected chi connectivity index (χ0v) is 51.4. The van der Waals surface area contributed by atoms with Gasteiger partial charge in [-0.05, 0) is 150 Å². The Morgan fingerprint density at radius 2 is 1.00 bits per heavy atom. The lowest BCUT2D eigenvalue weighted by atomic mass is 9.39. The van der Waals surface area contributed by atoms with Gasteiger partial charge < -0.3 is 4.90 Å². The number of anilines is 6. The molecule has 0 atom stereocenters. The minimum absolute atomic E-state index is 0.00431. The van der Waals surface area contributed by atoms with Crippen LogP contribution in [-0.4, -0.2) is 11.7 Å². The molecular weight excluding hydrogens is 958 g/mol. The molecule has 0 N–H and O–H groups in total. The highest BCUT2D eigenvalue weighted by Crippen LogP contribution is 2.60. The summed E-state index contributed by atoms with van der Waals surface area (Å²) in [6, 6.07) is 36.6. The molecule has 5 aromatic carbocycles. The molecule has 392 valence electrons. The third kappa shape index (κ3) is 7.55. The number of thiophene rings is 2. The summed E-state index contributed by atoms with van der Waals surface area (Å²) in [5.74, 6) is 1.06. The van der Waals surface area contributed by atoms with E-state index in [-0.39, 0.29) is 50.0 Å². The van der Waals surface area contributed by atoms with Gasteiger partial charge in [-0.15, -0.1) is 22.7 Å². The average Bonchev–Trinajstić information content (AvgIpc) is 4.08. The SMILES string of the molecule is Cc1cc2c3c(sc2c2c1C(C)(C)CC2(C)C)B1c2sc4c5c(ccc4c2N(c2ccc(C(C)(C)C)cc2)c2cc(C(C)(C)C)nc(c21)N3c1ccc(C(C)(C)C)cc1-c1ccc(C(C)(C)C)cc1)C(C)(C)CC5(C)C. The Morgan fingerprint density at radius 3 is 1.58 bits per heavy atom. The van der Waals surface area contributed by atoms with Gasteiger partial charge in [0.15, 0.2) is 0 Å². The molecule has 0 amide bonds. The van der Waals surface area contributed by atoms with Gasteiger partial charge in [0.05, 0.1) is 22.8 Å². The van der Waals surface area contributed by atoms with E-state index in [4.69, 9.17) is 4.98 Å². The second-order valence-corrected chi connectivity index (χ2v) is 32.5. The summed E-state index contributed by atoms with van der Waals surface area (Å²) in [6.07, 6.45) is 2.25. The van der Waals surface area contributed by atoms with Gasteiger partial charge in [0, 0.05) is 52.1 Å². The van der Waals surface area contributed by atoms with Crippen molar-refractivity contribution in [3.05, 3.63) is 141 Å². The molecule has 3 nitrogen and oxygen atoms in total. The molecule has 8 aromatic rings. The standard InChI is InChI=1S/C70H82BN3S2/c1-39-34-47-57-61(76-59(47)54-52(39)68(16,17)38-70(54,20)21)71-55-50(73(44-29-26-42(27-30-44)64(5,6)7)56-45-31-32-48-53(58(45)75-60(56)71)69(18,19)37-67(48,14)15)36-51(66(11,12)13)72-62(55)74(57)49-33-28-43(65(8,9)10)35-46(49)40-22-24-41(25-23-40)63(2,3)4/h22-36H,37-38H2,1-21H3. The number of aryl methyl sites for hydroxylation is 1. The number of aromatic nitrogens is 1. The Bertz CT molecular complexity index is 3750. The van der Waals surface area contributed by atoms with Crippen molar-refractivity contribution in [1.82, 2.24) is 4.98 Å². The zero-order chi connectivity index (χ0) is 54.7. The van der Waals surface area contributed by atoms with E-state index in [2.05, 4.69) is 269 Å². The predicted molar refractivity (Wildman–Crippen MR) is 335 cm³/mol. The van der Waals surface area contributed by atoms with Crippen molar-refractivity contribution in [2.45, 2.75) is 202 Å².